The number of halogens is 1. The van der Waals surface area contributed by atoms with Gasteiger partial charge in [0.05, 0.1) is 6.61 Å². The van der Waals surface area contributed by atoms with Gasteiger partial charge in [0, 0.05) is 49.1 Å². The molecule has 0 spiro atoms. The van der Waals surface area contributed by atoms with Crippen LogP contribution in [0, 0.1) is 5.92 Å². The fourth-order valence-corrected chi connectivity index (χ4v) is 3.02. The van der Waals surface area contributed by atoms with Crippen LogP contribution < -0.4 is 10.2 Å². The first-order valence-electron chi connectivity index (χ1n) is 8.03. The summed E-state index contributed by atoms with van der Waals surface area (Å²) in [5.41, 5.74) is 2.57. The van der Waals surface area contributed by atoms with E-state index >= 15 is 0 Å². The lowest BCUT2D eigenvalue weighted by Crippen LogP contribution is -2.30. The van der Waals surface area contributed by atoms with Crippen LogP contribution in [-0.2, 0) is 11.3 Å². The molecule has 116 valence electrons. The van der Waals surface area contributed by atoms with Crippen molar-refractivity contribution in [2.45, 2.75) is 38.3 Å². The molecule has 0 saturated heterocycles. The molecule has 1 aromatic carbocycles. The van der Waals surface area contributed by atoms with Gasteiger partial charge in [0.1, 0.15) is 0 Å². The molecule has 2 aliphatic carbocycles. The number of rotatable bonds is 9. The van der Waals surface area contributed by atoms with Crippen LogP contribution in [0.4, 0.5) is 5.69 Å². The molecule has 0 heterocycles. The number of hydrogen-bond donors (Lipinski definition) is 1. The van der Waals surface area contributed by atoms with E-state index in [2.05, 4.69) is 22.3 Å². The number of nitrogens with zero attached hydrogens (tertiary/aromatic N) is 1. The van der Waals surface area contributed by atoms with Crippen LogP contribution >= 0.6 is 11.6 Å². The van der Waals surface area contributed by atoms with Crippen molar-refractivity contribution in [2.24, 2.45) is 5.92 Å². The molecule has 0 radical (unpaired) electrons. The largest absolute Gasteiger partial charge is 0.383 e. The lowest BCUT2D eigenvalue weighted by Gasteiger charge is -2.28. The zero-order valence-corrected chi connectivity index (χ0v) is 13.5. The van der Waals surface area contributed by atoms with Crippen LogP contribution in [0.2, 0.25) is 5.02 Å². The average molecular weight is 309 g/mol. The summed E-state index contributed by atoms with van der Waals surface area (Å²) in [6.45, 7) is 3.60. The number of hydrogen-bond acceptors (Lipinski definition) is 3. The first-order chi connectivity index (χ1) is 10.3. The van der Waals surface area contributed by atoms with Gasteiger partial charge in [0.25, 0.3) is 0 Å². The lowest BCUT2D eigenvalue weighted by molar-refractivity contribution is 0.199. The topological polar surface area (TPSA) is 24.5 Å². The molecule has 2 fully saturated rings. The normalized spacial score (nSPS) is 18.0. The van der Waals surface area contributed by atoms with Gasteiger partial charge >= 0.3 is 0 Å². The molecule has 0 unspecified atom stereocenters. The predicted octanol–water partition coefficient (Wildman–Crippen LogP) is 3.45. The molecule has 2 saturated carbocycles. The van der Waals surface area contributed by atoms with Crippen LogP contribution in [0.25, 0.3) is 0 Å². The highest BCUT2D eigenvalue weighted by Crippen LogP contribution is 2.40. The summed E-state index contributed by atoms with van der Waals surface area (Å²) in [6.07, 6.45) is 5.45. The third kappa shape index (κ3) is 4.12. The SMILES string of the molecule is COCCNCc1c(Cl)cccc1N(CC1CC1)C1CC1. The molecular formula is C17H25ClN2O. The molecule has 3 nitrogen and oxygen atoms in total. The average Bonchev–Trinajstić information content (AvgIpc) is 3.36. The monoisotopic (exact) mass is 308 g/mol. The second-order valence-electron chi connectivity index (χ2n) is 6.23. The second kappa shape index (κ2) is 6.99. The third-order valence-corrected chi connectivity index (χ3v) is 4.68. The van der Waals surface area contributed by atoms with E-state index in [1.807, 2.05) is 6.07 Å². The Morgan fingerprint density at radius 2 is 2.10 bits per heavy atom. The fraction of sp³-hybridized carbons (Fsp3) is 0.647. The van der Waals surface area contributed by atoms with E-state index < -0.39 is 0 Å². The number of ether oxygens (including phenoxy) is 1. The minimum atomic E-state index is 0.730. The summed E-state index contributed by atoms with van der Waals surface area (Å²) >= 11 is 6.47. The van der Waals surface area contributed by atoms with Crippen LogP contribution in [-0.4, -0.2) is 32.8 Å². The third-order valence-electron chi connectivity index (χ3n) is 4.33. The highest BCUT2D eigenvalue weighted by Gasteiger charge is 2.34. The van der Waals surface area contributed by atoms with E-state index in [4.69, 9.17) is 16.3 Å². The van der Waals surface area contributed by atoms with Crippen molar-refractivity contribution in [3.63, 3.8) is 0 Å². The molecular weight excluding hydrogens is 284 g/mol. The Balaban J connectivity index is 1.73. The van der Waals surface area contributed by atoms with Crippen molar-refractivity contribution in [3.05, 3.63) is 28.8 Å². The van der Waals surface area contributed by atoms with E-state index in [-0.39, 0.29) is 0 Å². The smallest absolute Gasteiger partial charge is 0.0587 e. The molecule has 0 amide bonds. The first-order valence-corrected chi connectivity index (χ1v) is 8.41. The number of nitrogens with one attached hydrogen (secondary N) is 1. The van der Waals surface area contributed by atoms with Crippen molar-refractivity contribution in [3.8, 4) is 0 Å². The Kier molecular flexibility index (Phi) is 5.04. The van der Waals surface area contributed by atoms with Crippen molar-refractivity contribution >= 4 is 17.3 Å². The zero-order valence-electron chi connectivity index (χ0n) is 12.8. The van der Waals surface area contributed by atoms with Gasteiger partial charge in [-0.05, 0) is 43.7 Å². The highest BCUT2D eigenvalue weighted by molar-refractivity contribution is 6.31. The number of anilines is 1. The van der Waals surface area contributed by atoms with Gasteiger partial charge in [-0.1, -0.05) is 17.7 Å². The van der Waals surface area contributed by atoms with Gasteiger partial charge in [-0.3, -0.25) is 0 Å². The van der Waals surface area contributed by atoms with Crippen LogP contribution in [0.5, 0.6) is 0 Å². The zero-order chi connectivity index (χ0) is 14.7. The Bertz CT molecular complexity index is 472. The molecule has 0 atom stereocenters. The maximum Gasteiger partial charge on any atom is 0.0587 e. The highest BCUT2D eigenvalue weighted by atomic mass is 35.5. The van der Waals surface area contributed by atoms with Gasteiger partial charge < -0.3 is 15.0 Å². The predicted molar refractivity (Wildman–Crippen MR) is 88.1 cm³/mol. The van der Waals surface area contributed by atoms with Gasteiger partial charge in [-0.2, -0.15) is 0 Å². The maximum atomic E-state index is 6.47. The van der Waals surface area contributed by atoms with E-state index in [0.717, 1.165) is 36.7 Å². The number of benzene rings is 1. The minimum Gasteiger partial charge on any atom is -0.383 e. The Labute approximate surface area is 132 Å². The first kappa shape index (κ1) is 15.1. The Morgan fingerprint density at radius 1 is 1.29 bits per heavy atom. The van der Waals surface area contributed by atoms with E-state index in [9.17, 15) is 0 Å². The standard InChI is InChI=1S/C17H25ClN2O/c1-21-10-9-19-11-15-16(18)3-2-4-17(15)20(14-7-8-14)12-13-5-6-13/h2-4,13-14,19H,5-12H2,1H3. The summed E-state index contributed by atoms with van der Waals surface area (Å²) in [4.78, 5) is 2.61. The second-order valence-corrected chi connectivity index (χ2v) is 6.64. The summed E-state index contributed by atoms with van der Waals surface area (Å²) < 4.78 is 5.09. The van der Waals surface area contributed by atoms with Crippen molar-refractivity contribution in [1.29, 1.82) is 0 Å². The van der Waals surface area contributed by atoms with E-state index in [0.29, 0.717) is 0 Å². The molecule has 0 aromatic heterocycles. The molecule has 21 heavy (non-hydrogen) atoms. The Morgan fingerprint density at radius 3 is 2.76 bits per heavy atom. The Hall–Kier alpha value is -0.770. The molecule has 2 aliphatic rings. The quantitative estimate of drug-likeness (QED) is 0.707. The van der Waals surface area contributed by atoms with Gasteiger partial charge in [-0.15, -0.1) is 0 Å². The summed E-state index contributed by atoms with van der Waals surface area (Å²) in [6, 6.07) is 7.06. The van der Waals surface area contributed by atoms with Crippen LogP contribution in [0.3, 0.4) is 0 Å². The van der Waals surface area contributed by atoms with Gasteiger partial charge in [0.15, 0.2) is 0 Å². The van der Waals surface area contributed by atoms with Gasteiger partial charge in [0.2, 0.25) is 0 Å². The maximum absolute atomic E-state index is 6.47. The fourth-order valence-electron chi connectivity index (χ4n) is 2.79. The molecule has 3 rings (SSSR count). The molecule has 4 heteroatoms. The summed E-state index contributed by atoms with van der Waals surface area (Å²) in [7, 11) is 1.73. The summed E-state index contributed by atoms with van der Waals surface area (Å²) in [5.74, 6) is 0.902. The lowest BCUT2D eigenvalue weighted by atomic mass is 10.1. The van der Waals surface area contributed by atoms with Crippen LogP contribution in [0.15, 0.2) is 18.2 Å². The summed E-state index contributed by atoms with van der Waals surface area (Å²) in [5, 5.41) is 4.30. The van der Waals surface area contributed by atoms with E-state index in [1.54, 1.807) is 7.11 Å². The molecule has 0 bridgehead atoms. The minimum absolute atomic E-state index is 0.730. The molecule has 1 N–H and O–H groups in total. The van der Waals surface area contributed by atoms with Crippen LogP contribution in [0.1, 0.15) is 31.2 Å². The molecule has 0 aliphatic heterocycles. The van der Waals surface area contributed by atoms with Crippen molar-refractivity contribution in [1.82, 2.24) is 5.32 Å². The number of methoxy groups -OCH3 is 1. The van der Waals surface area contributed by atoms with Crippen molar-refractivity contribution in [2.75, 3.05) is 31.7 Å². The van der Waals surface area contributed by atoms with E-state index in [1.165, 1.54) is 43.5 Å². The van der Waals surface area contributed by atoms with Gasteiger partial charge in [-0.25, -0.2) is 0 Å². The van der Waals surface area contributed by atoms with Crippen molar-refractivity contribution < 1.29 is 4.74 Å². The molecule has 1 aromatic rings.